The molecule has 0 unspecified atom stereocenters. The van der Waals surface area contributed by atoms with Gasteiger partial charge in [0, 0.05) is 41.1 Å². The highest BCUT2D eigenvalue weighted by Crippen LogP contribution is 2.25. The SMILES string of the molecule is Cc1ccc(C)c(Cn2c(C)c(CNCc3ccccc3Br)c(C(=O)O)c2C)c1. The number of hydrogen-bond acceptors (Lipinski definition) is 2. The molecule has 0 aliphatic heterocycles. The van der Waals surface area contributed by atoms with Gasteiger partial charge < -0.3 is 15.0 Å². The van der Waals surface area contributed by atoms with Gasteiger partial charge in [0.25, 0.3) is 0 Å². The molecule has 0 aliphatic rings. The first-order chi connectivity index (χ1) is 13.8. The van der Waals surface area contributed by atoms with Crippen molar-refractivity contribution in [2.45, 2.75) is 47.3 Å². The zero-order chi connectivity index (χ0) is 21.1. The van der Waals surface area contributed by atoms with E-state index in [1.807, 2.05) is 32.0 Å². The van der Waals surface area contributed by atoms with Gasteiger partial charge in [-0.3, -0.25) is 0 Å². The summed E-state index contributed by atoms with van der Waals surface area (Å²) in [5.41, 5.74) is 7.86. The van der Waals surface area contributed by atoms with Gasteiger partial charge in [-0.15, -0.1) is 0 Å². The van der Waals surface area contributed by atoms with E-state index in [-0.39, 0.29) is 0 Å². The van der Waals surface area contributed by atoms with Gasteiger partial charge in [0.2, 0.25) is 0 Å². The lowest BCUT2D eigenvalue weighted by Gasteiger charge is -2.13. The van der Waals surface area contributed by atoms with Crippen molar-refractivity contribution in [3.05, 3.63) is 91.7 Å². The van der Waals surface area contributed by atoms with Crippen LogP contribution >= 0.6 is 15.9 Å². The van der Waals surface area contributed by atoms with E-state index in [0.29, 0.717) is 25.2 Å². The van der Waals surface area contributed by atoms with E-state index in [0.717, 1.165) is 27.0 Å². The van der Waals surface area contributed by atoms with Gasteiger partial charge in [0.05, 0.1) is 5.56 Å². The standard InChI is InChI=1S/C24H27BrN2O2/c1-15-9-10-16(2)20(11-15)14-27-17(3)21(23(18(27)4)24(28)29)13-26-12-19-7-5-6-8-22(19)25/h5-11,26H,12-14H2,1-4H3,(H,28,29). The molecule has 0 saturated carbocycles. The van der Waals surface area contributed by atoms with Gasteiger partial charge >= 0.3 is 5.97 Å². The normalized spacial score (nSPS) is 11.1. The number of hydrogen-bond donors (Lipinski definition) is 2. The van der Waals surface area contributed by atoms with Gasteiger partial charge in [-0.25, -0.2) is 4.79 Å². The molecule has 2 N–H and O–H groups in total. The summed E-state index contributed by atoms with van der Waals surface area (Å²) in [4.78, 5) is 12.0. The lowest BCUT2D eigenvalue weighted by atomic mass is 10.1. The molecule has 0 atom stereocenters. The lowest BCUT2D eigenvalue weighted by molar-refractivity contribution is 0.0694. The summed E-state index contributed by atoms with van der Waals surface area (Å²) in [7, 11) is 0. The predicted octanol–water partition coefficient (Wildman–Crippen LogP) is 5.52. The van der Waals surface area contributed by atoms with E-state index in [1.165, 1.54) is 16.7 Å². The van der Waals surface area contributed by atoms with Gasteiger partial charge in [-0.2, -0.15) is 0 Å². The number of rotatable bonds is 7. The minimum absolute atomic E-state index is 0.410. The molecular weight excluding hydrogens is 428 g/mol. The Morgan fingerprint density at radius 1 is 1.00 bits per heavy atom. The van der Waals surface area contributed by atoms with E-state index in [4.69, 9.17) is 0 Å². The van der Waals surface area contributed by atoms with Crippen molar-refractivity contribution in [3.8, 4) is 0 Å². The van der Waals surface area contributed by atoms with E-state index < -0.39 is 5.97 Å². The van der Waals surface area contributed by atoms with Crippen LogP contribution in [0.15, 0.2) is 46.9 Å². The monoisotopic (exact) mass is 454 g/mol. The van der Waals surface area contributed by atoms with Crippen LogP contribution in [0.3, 0.4) is 0 Å². The quantitative estimate of drug-likeness (QED) is 0.493. The minimum atomic E-state index is -0.872. The second-order valence-electron chi connectivity index (χ2n) is 7.54. The van der Waals surface area contributed by atoms with E-state index in [9.17, 15) is 9.90 Å². The molecule has 5 heteroatoms. The van der Waals surface area contributed by atoms with Gasteiger partial charge in [0.1, 0.15) is 0 Å². The third-order valence-electron chi connectivity index (χ3n) is 5.53. The zero-order valence-electron chi connectivity index (χ0n) is 17.3. The van der Waals surface area contributed by atoms with Crippen LogP contribution in [-0.2, 0) is 19.6 Å². The van der Waals surface area contributed by atoms with Crippen molar-refractivity contribution in [3.63, 3.8) is 0 Å². The van der Waals surface area contributed by atoms with Crippen LogP contribution in [0, 0.1) is 27.7 Å². The highest BCUT2D eigenvalue weighted by atomic mass is 79.9. The van der Waals surface area contributed by atoms with Crippen LogP contribution in [0.25, 0.3) is 0 Å². The number of halogens is 1. The molecule has 0 radical (unpaired) electrons. The molecule has 0 spiro atoms. The molecule has 0 fully saturated rings. The second kappa shape index (κ2) is 8.97. The zero-order valence-corrected chi connectivity index (χ0v) is 18.9. The van der Waals surface area contributed by atoms with E-state index in [1.54, 1.807) is 0 Å². The van der Waals surface area contributed by atoms with Crippen molar-refractivity contribution < 1.29 is 9.90 Å². The number of aryl methyl sites for hydroxylation is 2. The Bertz CT molecular complexity index is 1050. The fraction of sp³-hybridized carbons (Fsp3) is 0.292. The van der Waals surface area contributed by atoms with Crippen molar-refractivity contribution in [2.75, 3.05) is 0 Å². The Morgan fingerprint density at radius 2 is 1.72 bits per heavy atom. The fourth-order valence-corrected chi connectivity index (χ4v) is 4.22. The Kier molecular flexibility index (Phi) is 6.60. The average Bonchev–Trinajstić information content (AvgIpc) is 2.90. The summed E-state index contributed by atoms with van der Waals surface area (Å²) in [5, 5.41) is 13.3. The number of nitrogens with zero attached hydrogens (tertiary/aromatic N) is 1. The molecule has 4 nitrogen and oxygen atoms in total. The number of aromatic carboxylic acids is 1. The first kappa shape index (κ1) is 21.3. The number of carbonyl (C=O) groups is 1. The molecule has 2 aromatic carbocycles. The summed E-state index contributed by atoms with van der Waals surface area (Å²) < 4.78 is 3.17. The van der Waals surface area contributed by atoms with Crippen molar-refractivity contribution in [2.24, 2.45) is 0 Å². The summed E-state index contributed by atoms with van der Waals surface area (Å²) in [5.74, 6) is -0.872. The molecule has 0 saturated heterocycles. The molecule has 0 amide bonds. The molecule has 0 bridgehead atoms. The Labute approximate surface area is 180 Å². The number of carboxylic acid groups (broad SMARTS) is 1. The predicted molar refractivity (Wildman–Crippen MR) is 121 cm³/mol. The smallest absolute Gasteiger partial charge is 0.337 e. The highest BCUT2D eigenvalue weighted by Gasteiger charge is 2.22. The van der Waals surface area contributed by atoms with Crippen molar-refractivity contribution in [1.82, 2.24) is 9.88 Å². The van der Waals surface area contributed by atoms with Crippen molar-refractivity contribution >= 4 is 21.9 Å². The van der Waals surface area contributed by atoms with Crippen LogP contribution < -0.4 is 5.32 Å². The first-order valence-corrected chi connectivity index (χ1v) is 10.5. The third kappa shape index (κ3) is 4.62. The van der Waals surface area contributed by atoms with Crippen LogP contribution in [0.1, 0.15) is 49.6 Å². The Morgan fingerprint density at radius 3 is 2.41 bits per heavy atom. The fourth-order valence-electron chi connectivity index (χ4n) is 3.79. The van der Waals surface area contributed by atoms with Gasteiger partial charge in [0.15, 0.2) is 0 Å². The maximum absolute atomic E-state index is 12.0. The molecule has 3 aromatic rings. The second-order valence-corrected chi connectivity index (χ2v) is 8.39. The maximum Gasteiger partial charge on any atom is 0.337 e. The summed E-state index contributed by atoms with van der Waals surface area (Å²) in [6.45, 7) is 9.95. The molecule has 29 heavy (non-hydrogen) atoms. The average molecular weight is 455 g/mol. The van der Waals surface area contributed by atoms with E-state index in [2.05, 4.69) is 63.9 Å². The minimum Gasteiger partial charge on any atom is -0.478 e. The molecule has 1 aromatic heterocycles. The van der Waals surface area contributed by atoms with Crippen LogP contribution in [0.2, 0.25) is 0 Å². The van der Waals surface area contributed by atoms with Gasteiger partial charge in [-0.05, 0) is 50.5 Å². The molecular formula is C24H27BrN2O2. The molecule has 3 rings (SSSR count). The van der Waals surface area contributed by atoms with E-state index >= 15 is 0 Å². The van der Waals surface area contributed by atoms with Gasteiger partial charge in [-0.1, -0.05) is 57.9 Å². The number of benzene rings is 2. The van der Waals surface area contributed by atoms with Crippen LogP contribution in [0.5, 0.6) is 0 Å². The topological polar surface area (TPSA) is 54.3 Å². The molecule has 0 aliphatic carbocycles. The highest BCUT2D eigenvalue weighted by molar-refractivity contribution is 9.10. The summed E-state index contributed by atoms with van der Waals surface area (Å²) in [6.07, 6.45) is 0. The number of nitrogens with one attached hydrogen (secondary N) is 1. The number of carboxylic acids is 1. The van der Waals surface area contributed by atoms with Crippen molar-refractivity contribution in [1.29, 1.82) is 0 Å². The Balaban J connectivity index is 1.89. The maximum atomic E-state index is 12.0. The lowest BCUT2D eigenvalue weighted by Crippen LogP contribution is -2.16. The molecule has 152 valence electrons. The third-order valence-corrected chi connectivity index (χ3v) is 6.31. The Hall–Kier alpha value is -2.37. The summed E-state index contributed by atoms with van der Waals surface area (Å²) >= 11 is 3.56. The van der Waals surface area contributed by atoms with Crippen LogP contribution in [-0.4, -0.2) is 15.6 Å². The summed E-state index contributed by atoms with van der Waals surface area (Å²) in [6, 6.07) is 14.5. The molecule has 1 heterocycles. The largest absolute Gasteiger partial charge is 0.478 e. The number of aromatic nitrogens is 1. The first-order valence-electron chi connectivity index (χ1n) is 9.71. The van der Waals surface area contributed by atoms with Crippen LogP contribution in [0.4, 0.5) is 0 Å².